The maximum Gasteiger partial charge on any atom is 0.302 e. The van der Waals surface area contributed by atoms with Gasteiger partial charge in [-0.05, 0) is 30.7 Å². The number of pyridine rings is 1. The second-order valence-electron chi connectivity index (χ2n) is 6.18. The quantitative estimate of drug-likeness (QED) is 0.592. The lowest BCUT2D eigenvalue weighted by atomic mass is 10.1. The van der Waals surface area contributed by atoms with Crippen LogP contribution >= 0.6 is 0 Å². The number of H-pyrrole nitrogens is 1. The molecule has 0 amide bonds. The first-order valence-corrected chi connectivity index (χ1v) is 8.54. The molecule has 6 heteroatoms. The summed E-state index contributed by atoms with van der Waals surface area (Å²) >= 11 is 0. The van der Waals surface area contributed by atoms with Crippen LogP contribution in [0.1, 0.15) is 5.56 Å². The number of nitrogens with one attached hydrogen (secondary N) is 1. The molecule has 0 aliphatic rings. The molecule has 6 nitrogen and oxygen atoms in total. The Labute approximate surface area is 156 Å². The largest absolute Gasteiger partial charge is 0.426 e. The number of ether oxygens (including phenoxy) is 1. The molecule has 0 spiro atoms. The molecule has 0 fully saturated rings. The monoisotopic (exact) mass is 358 g/mol. The highest BCUT2D eigenvalue weighted by Gasteiger charge is 2.15. The van der Waals surface area contributed by atoms with E-state index in [1.165, 1.54) is 0 Å². The normalized spacial score (nSPS) is 10.7. The zero-order valence-electron chi connectivity index (χ0n) is 15.0. The van der Waals surface area contributed by atoms with Crippen molar-refractivity contribution in [1.29, 1.82) is 0 Å². The predicted molar refractivity (Wildman–Crippen MR) is 106 cm³/mol. The van der Waals surface area contributed by atoms with Crippen molar-refractivity contribution in [1.82, 2.24) is 15.0 Å². The van der Waals surface area contributed by atoms with Gasteiger partial charge in [0.25, 0.3) is 5.56 Å². The van der Waals surface area contributed by atoms with Gasteiger partial charge in [0.15, 0.2) is 0 Å². The topological polar surface area (TPSA) is 71.1 Å². The van der Waals surface area contributed by atoms with Crippen LogP contribution in [0.5, 0.6) is 11.8 Å². The number of nitrogens with zero attached hydrogens (tertiary/aromatic N) is 3. The Morgan fingerprint density at radius 2 is 1.70 bits per heavy atom. The van der Waals surface area contributed by atoms with Gasteiger partial charge in [0, 0.05) is 12.7 Å². The Hall–Kier alpha value is -3.67. The van der Waals surface area contributed by atoms with Gasteiger partial charge in [-0.2, -0.15) is 4.98 Å². The molecule has 4 rings (SSSR count). The van der Waals surface area contributed by atoms with E-state index in [9.17, 15) is 4.79 Å². The van der Waals surface area contributed by atoms with Gasteiger partial charge >= 0.3 is 6.01 Å². The summed E-state index contributed by atoms with van der Waals surface area (Å²) in [6.07, 6.45) is 3.24. The lowest BCUT2D eigenvalue weighted by molar-refractivity contribution is 0.443. The van der Waals surface area contributed by atoms with Gasteiger partial charge in [0.1, 0.15) is 11.3 Å². The molecule has 1 N–H and O–H groups in total. The smallest absolute Gasteiger partial charge is 0.302 e. The first-order valence-electron chi connectivity index (χ1n) is 8.54. The Morgan fingerprint density at radius 1 is 0.963 bits per heavy atom. The average molecular weight is 358 g/mol. The van der Waals surface area contributed by atoms with Crippen LogP contribution in [0.3, 0.4) is 0 Å². The highest BCUT2D eigenvalue weighted by atomic mass is 16.5. The molecule has 0 bridgehead atoms. The maximum atomic E-state index is 12.8. The van der Waals surface area contributed by atoms with Gasteiger partial charge in [-0.15, -0.1) is 0 Å². The van der Waals surface area contributed by atoms with E-state index in [1.807, 2.05) is 61.3 Å². The first kappa shape index (κ1) is 16.8. The van der Waals surface area contributed by atoms with Crippen molar-refractivity contribution in [2.45, 2.75) is 6.92 Å². The van der Waals surface area contributed by atoms with Crippen molar-refractivity contribution in [3.8, 4) is 11.8 Å². The average Bonchev–Trinajstić information content (AvgIpc) is 2.68. The number of hydrogen-bond acceptors (Lipinski definition) is 5. The van der Waals surface area contributed by atoms with Crippen LogP contribution in [-0.4, -0.2) is 22.0 Å². The third-order valence-corrected chi connectivity index (χ3v) is 4.37. The van der Waals surface area contributed by atoms with Crippen LogP contribution in [0.2, 0.25) is 0 Å². The summed E-state index contributed by atoms with van der Waals surface area (Å²) in [7, 11) is 1.91. The molecule has 0 saturated heterocycles. The van der Waals surface area contributed by atoms with Crippen LogP contribution in [0.15, 0.2) is 71.8 Å². The van der Waals surface area contributed by atoms with E-state index in [2.05, 4.69) is 15.0 Å². The standard InChI is InChI=1S/C21H18N4O2/c1-14-8-6-7-11-17(14)25(2)18-13-22-12-16-19(18)20(26)24-21(23-16)27-15-9-4-3-5-10-15/h3-13H,1-2H3,(H,23,24,26). The van der Waals surface area contributed by atoms with Crippen molar-refractivity contribution >= 4 is 22.3 Å². The van der Waals surface area contributed by atoms with Crippen molar-refractivity contribution in [3.63, 3.8) is 0 Å². The van der Waals surface area contributed by atoms with Gasteiger partial charge in [-0.25, -0.2) is 0 Å². The number of fused-ring (bicyclic) bond motifs is 1. The molecule has 0 unspecified atom stereocenters. The number of aromatic amines is 1. The summed E-state index contributed by atoms with van der Waals surface area (Å²) in [4.78, 5) is 26.2. The van der Waals surface area contributed by atoms with Crippen LogP contribution in [0.4, 0.5) is 11.4 Å². The lowest BCUT2D eigenvalue weighted by Gasteiger charge is -2.22. The molecular weight excluding hydrogens is 340 g/mol. The minimum Gasteiger partial charge on any atom is -0.426 e. The van der Waals surface area contributed by atoms with E-state index < -0.39 is 0 Å². The molecule has 0 radical (unpaired) electrons. The van der Waals surface area contributed by atoms with E-state index in [4.69, 9.17) is 4.74 Å². The van der Waals surface area contributed by atoms with E-state index in [-0.39, 0.29) is 11.6 Å². The SMILES string of the molecule is Cc1ccccc1N(C)c1cncc2nc(Oc3ccccc3)[nH]c(=O)c12. The Bertz CT molecular complexity index is 1160. The molecule has 0 aliphatic carbocycles. The summed E-state index contributed by atoms with van der Waals surface area (Å²) in [5.74, 6) is 0.598. The molecule has 134 valence electrons. The van der Waals surface area contributed by atoms with E-state index in [1.54, 1.807) is 24.5 Å². The van der Waals surface area contributed by atoms with Gasteiger partial charge < -0.3 is 9.64 Å². The number of aromatic nitrogens is 3. The number of anilines is 2. The molecular formula is C21H18N4O2. The Balaban J connectivity index is 1.80. The summed E-state index contributed by atoms with van der Waals surface area (Å²) < 4.78 is 5.66. The summed E-state index contributed by atoms with van der Waals surface area (Å²) in [6.45, 7) is 2.03. The molecule has 4 aromatic rings. The third-order valence-electron chi connectivity index (χ3n) is 4.37. The number of benzene rings is 2. The molecule has 0 saturated carbocycles. The van der Waals surface area contributed by atoms with Gasteiger partial charge in [-0.3, -0.25) is 14.8 Å². The zero-order valence-corrected chi connectivity index (χ0v) is 15.0. The second-order valence-corrected chi connectivity index (χ2v) is 6.18. The fourth-order valence-corrected chi connectivity index (χ4v) is 3.03. The van der Waals surface area contributed by atoms with Gasteiger partial charge in [-0.1, -0.05) is 36.4 Å². The van der Waals surface area contributed by atoms with E-state index >= 15 is 0 Å². The molecule has 2 heterocycles. The van der Waals surface area contributed by atoms with E-state index in [0.717, 1.165) is 11.3 Å². The maximum absolute atomic E-state index is 12.8. The number of aryl methyl sites for hydroxylation is 1. The minimum atomic E-state index is -0.274. The summed E-state index contributed by atoms with van der Waals surface area (Å²) in [5, 5.41) is 0.469. The Kier molecular flexibility index (Phi) is 4.30. The number of hydrogen-bond donors (Lipinski definition) is 1. The molecule has 0 atom stereocenters. The van der Waals surface area contributed by atoms with Gasteiger partial charge in [0.2, 0.25) is 0 Å². The van der Waals surface area contributed by atoms with Crippen molar-refractivity contribution < 1.29 is 4.74 Å². The second kappa shape index (κ2) is 6.92. The number of rotatable bonds is 4. The minimum absolute atomic E-state index is 0.135. The fraction of sp³-hybridized carbons (Fsp3) is 0.0952. The van der Waals surface area contributed by atoms with Crippen molar-refractivity contribution in [2.75, 3.05) is 11.9 Å². The highest BCUT2D eigenvalue weighted by molar-refractivity contribution is 5.92. The number of para-hydroxylation sites is 2. The van der Waals surface area contributed by atoms with Crippen LogP contribution in [-0.2, 0) is 0 Å². The molecule has 2 aromatic heterocycles. The predicted octanol–water partition coefficient (Wildman–Crippen LogP) is 4.19. The van der Waals surface area contributed by atoms with E-state index in [0.29, 0.717) is 22.3 Å². The molecule has 2 aromatic carbocycles. The highest BCUT2D eigenvalue weighted by Crippen LogP contribution is 2.30. The fourth-order valence-electron chi connectivity index (χ4n) is 3.03. The molecule has 27 heavy (non-hydrogen) atoms. The zero-order chi connectivity index (χ0) is 18.8. The van der Waals surface area contributed by atoms with Crippen LogP contribution < -0.4 is 15.2 Å². The Morgan fingerprint density at radius 3 is 2.48 bits per heavy atom. The van der Waals surface area contributed by atoms with Crippen molar-refractivity contribution in [2.24, 2.45) is 0 Å². The van der Waals surface area contributed by atoms with Crippen LogP contribution in [0.25, 0.3) is 10.9 Å². The lowest BCUT2D eigenvalue weighted by Crippen LogP contribution is -2.17. The van der Waals surface area contributed by atoms with Crippen molar-refractivity contribution in [3.05, 3.63) is 82.9 Å². The molecule has 0 aliphatic heterocycles. The summed E-state index contributed by atoms with van der Waals surface area (Å²) in [6, 6.07) is 17.3. The first-order chi connectivity index (χ1) is 13.1. The third kappa shape index (κ3) is 3.25. The van der Waals surface area contributed by atoms with Crippen LogP contribution in [0, 0.1) is 6.92 Å². The van der Waals surface area contributed by atoms with Gasteiger partial charge in [0.05, 0.1) is 23.5 Å². The summed E-state index contributed by atoms with van der Waals surface area (Å²) in [5.41, 5.74) is 2.98.